The standard InChI is InChI=1S/C13H19NO2/c1-14-9-13(15)10-5-7-12(8-6-10)16-11-3-2-4-11/h5-8,11,13-15H,2-4,9H2,1H3. The number of rotatable bonds is 5. The third-order valence-electron chi connectivity index (χ3n) is 3.02. The minimum absolute atomic E-state index is 0.410. The van der Waals surface area contributed by atoms with Crippen LogP contribution in [0.15, 0.2) is 24.3 Å². The van der Waals surface area contributed by atoms with Crippen LogP contribution in [0, 0.1) is 0 Å². The average Bonchev–Trinajstić information content (AvgIpc) is 2.25. The van der Waals surface area contributed by atoms with Crippen molar-refractivity contribution in [3.63, 3.8) is 0 Å². The van der Waals surface area contributed by atoms with Gasteiger partial charge in [-0.15, -0.1) is 0 Å². The van der Waals surface area contributed by atoms with Crippen LogP contribution in [0.25, 0.3) is 0 Å². The lowest BCUT2D eigenvalue weighted by Gasteiger charge is -2.26. The third-order valence-corrected chi connectivity index (χ3v) is 3.02. The Hall–Kier alpha value is -1.06. The van der Waals surface area contributed by atoms with Gasteiger partial charge < -0.3 is 15.2 Å². The van der Waals surface area contributed by atoms with E-state index < -0.39 is 6.10 Å². The van der Waals surface area contributed by atoms with Gasteiger partial charge >= 0.3 is 0 Å². The van der Waals surface area contributed by atoms with E-state index in [1.807, 2.05) is 31.3 Å². The van der Waals surface area contributed by atoms with Crippen LogP contribution in [0.4, 0.5) is 0 Å². The van der Waals surface area contributed by atoms with E-state index in [1.165, 1.54) is 19.3 Å². The van der Waals surface area contributed by atoms with Gasteiger partial charge in [-0.3, -0.25) is 0 Å². The van der Waals surface area contributed by atoms with Gasteiger partial charge in [0.25, 0.3) is 0 Å². The lowest BCUT2D eigenvalue weighted by Crippen LogP contribution is -2.24. The molecule has 1 aliphatic rings. The molecule has 0 aliphatic heterocycles. The molecule has 0 radical (unpaired) electrons. The Morgan fingerprint density at radius 1 is 1.38 bits per heavy atom. The van der Waals surface area contributed by atoms with Gasteiger partial charge in [-0.25, -0.2) is 0 Å². The SMILES string of the molecule is CNCC(O)c1ccc(OC2CCC2)cc1. The Labute approximate surface area is 96.4 Å². The highest BCUT2D eigenvalue weighted by atomic mass is 16.5. The topological polar surface area (TPSA) is 41.5 Å². The second-order valence-electron chi connectivity index (χ2n) is 4.31. The number of nitrogens with one attached hydrogen (secondary N) is 1. The van der Waals surface area contributed by atoms with E-state index in [0.717, 1.165) is 11.3 Å². The zero-order valence-corrected chi connectivity index (χ0v) is 9.65. The minimum Gasteiger partial charge on any atom is -0.490 e. The van der Waals surface area contributed by atoms with Crippen molar-refractivity contribution in [3.8, 4) is 5.75 Å². The second-order valence-corrected chi connectivity index (χ2v) is 4.31. The van der Waals surface area contributed by atoms with E-state index in [1.54, 1.807) is 0 Å². The molecule has 2 N–H and O–H groups in total. The smallest absolute Gasteiger partial charge is 0.119 e. The van der Waals surface area contributed by atoms with Gasteiger partial charge in [0.2, 0.25) is 0 Å². The molecule has 88 valence electrons. The van der Waals surface area contributed by atoms with Crippen LogP contribution in [0.3, 0.4) is 0 Å². The number of hydrogen-bond donors (Lipinski definition) is 2. The van der Waals surface area contributed by atoms with Crippen molar-refractivity contribution in [3.05, 3.63) is 29.8 Å². The first-order valence-electron chi connectivity index (χ1n) is 5.89. The fourth-order valence-corrected chi connectivity index (χ4v) is 1.76. The number of aliphatic hydroxyl groups is 1. The van der Waals surface area contributed by atoms with Gasteiger partial charge in [-0.2, -0.15) is 0 Å². The Balaban J connectivity index is 1.92. The molecule has 0 aromatic heterocycles. The molecule has 1 aromatic rings. The van der Waals surface area contributed by atoms with E-state index in [-0.39, 0.29) is 0 Å². The quantitative estimate of drug-likeness (QED) is 0.797. The molecule has 16 heavy (non-hydrogen) atoms. The fourth-order valence-electron chi connectivity index (χ4n) is 1.76. The fraction of sp³-hybridized carbons (Fsp3) is 0.538. The molecule has 3 heteroatoms. The summed E-state index contributed by atoms with van der Waals surface area (Å²) in [7, 11) is 1.83. The molecular weight excluding hydrogens is 202 g/mol. The van der Waals surface area contributed by atoms with E-state index in [9.17, 15) is 5.11 Å². The highest BCUT2D eigenvalue weighted by Crippen LogP contribution is 2.25. The summed E-state index contributed by atoms with van der Waals surface area (Å²) in [5.74, 6) is 0.908. The van der Waals surface area contributed by atoms with Crippen LogP contribution >= 0.6 is 0 Å². The lowest BCUT2D eigenvalue weighted by atomic mass is 9.96. The summed E-state index contributed by atoms with van der Waals surface area (Å²) in [5, 5.41) is 12.7. The largest absolute Gasteiger partial charge is 0.490 e. The lowest BCUT2D eigenvalue weighted by molar-refractivity contribution is 0.120. The molecule has 1 saturated carbocycles. The molecule has 0 bridgehead atoms. The molecule has 0 amide bonds. The molecule has 1 aromatic carbocycles. The Morgan fingerprint density at radius 2 is 2.06 bits per heavy atom. The van der Waals surface area contributed by atoms with Crippen LogP contribution in [0.5, 0.6) is 5.75 Å². The van der Waals surface area contributed by atoms with E-state index in [4.69, 9.17) is 4.74 Å². The van der Waals surface area contributed by atoms with Gasteiger partial charge in [0, 0.05) is 6.54 Å². The number of aliphatic hydroxyl groups excluding tert-OH is 1. The van der Waals surface area contributed by atoms with Crippen molar-refractivity contribution >= 4 is 0 Å². The monoisotopic (exact) mass is 221 g/mol. The first kappa shape index (κ1) is 11.4. The molecule has 1 atom stereocenters. The molecular formula is C13H19NO2. The summed E-state index contributed by atoms with van der Waals surface area (Å²) < 4.78 is 5.75. The summed E-state index contributed by atoms with van der Waals surface area (Å²) in [6, 6.07) is 7.73. The molecule has 0 spiro atoms. The summed E-state index contributed by atoms with van der Waals surface area (Å²) in [4.78, 5) is 0. The van der Waals surface area contributed by atoms with Gasteiger partial charge in [-0.05, 0) is 44.0 Å². The van der Waals surface area contributed by atoms with Crippen molar-refractivity contribution < 1.29 is 9.84 Å². The Bertz CT molecular complexity index is 319. The molecule has 2 rings (SSSR count). The van der Waals surface area contributed by atoms with Crippen LogP contribution in [0.2, 0.25) is 0 Å². The zero-order valence-electron chi connectivity index (χ0n) is 9.65. The van der Waals surface area contributed by atoms with Gasteiger partial charge in [-0.1, -0.05) is 12.1 Å². The molecule has 0 saturated heterocycles. The average molecular weight is 221 g/mol. The van der Waals surface area contributed by atoms with Crippen LogP contribution in [-0.4, -0.2) is 24.8 Å². The van der Waals surface area contributed by atoms with Gasteiger partial charge in [0.1, 0.15) is 5.75 Å². The van der Waals surface area contributed by atoms with Crippen molar-refractivity contribution in [1.82, 2.24) is 5.32 Å². The predicted octanol–water partition coefficient (Wildman–Crippen LogP) is 1.87. The summed E-state index contributed by atoms with van der Waals surface area (Å²) in [6.45, 7) is 0.572. The summed E-state index contributed by atoms with van der Waals surface area (Å²) >= 11 is 0. The first-order valence-corrected chi connectivity index (χ1v) is 5.89. The normalized spacial score (nSPS) is 17.9. The van der Waals surface area contributed by atoms with Crippen LogP contribution in [0.1, 0.15) is 30.9 Å². The van der Waals surface area contributed by atoms with E-state index in [0.29, 0.717) is 12.6 Å². The Morgan fingerprint density at radius 3 is 2.56 bits per heavy atom. The Kier molecular flexibility index (Phi) is 3.80. The second kappa shape index (κ2) is 5.32. The predicted molar refractivity (Wildman–Crippen MR) is 63.6 cm³/mol. The highest BCUT2D eigenvalue weighted by molar-refractivity contribution is 5.29. The number of ether oxygens (including phenoxy) is 1. The molecule has 0 heterocycles. The minimum atomic E-state index is -0.442. The molecule has 3 nitrogen and oxygen atoms in total. The van der Waals surface area contributed by atoms with Crippen LogP contribution < -0.4 is 10.1 Å². The third kappa shape index (κ3) is 2.74. The first-order chi connectivity index (χ1) is 7.79. The maximum Gasteiger partial charge on any atom is 0.119 e. The summed E-state index contributed by atoms with van der Waals surface area (Å²) in [5.41, 5.74) is 0.926. The van der Waals surface area contributed by atoms with E-state index in [2.05, 4.69) is 5.32 Å². The van der Waals surface area contributed by atoms with Gasteiger partial charge in [0.05, 0.1) is 12.2 Å². The van der Waals surface area contributed by atoms with Gasteiger partial charge in [0.15, 0.2) is 0 Å². The van der Waals surface area contributed by atoms with E-state index >= 15 is 0 Å². The highest BCUT2D eigenvalue weighted by Gasteiger charge is 2.18. The summed E-state index contributed by atoms with van der Waals surface area (Å²) in [6.07, 6.45) is 3.59. The van der Waals surface area contributed by atoms with Crippen molar-refractivity contribution in [2.45, 2.75) is 31.5 Å². The zero-order chi connectivity index (χ0) is 11.4. The van der Waals surface area contributed by atoms with Crippen molar-refractivity contribution in [2.24, 2.45) is 0 Å². The van der Waals surface area contributed by atoms with Crippen molar-refractivity contribution in [2.75, 3.05) is 13.6 Å². The maximum absolute atomic E-state index is 9.75. The van der Waals surface area contributed by atoms with Crippen molar-refractivity contribution in [1.29, 1.82) is 0 Å². The number of benzene rings is 1. The van der Waals surface area contributed by atoms with Crippen LogP contribution in [-0.2, 0) is 0 Å². The molecule has 1 fully saturated rings. The molecule has 1 aliphatic carbocycles. The number of likely N-dealkylation sites (N-methyl/N-ethyl adjacent to an activating group) is 1. The number of hydrogen-bond acceptors (Lipinski definition) is 3. The molecule has 1 unspecified atom stereocenters. The maximum atomic E-state index is 9.75.